The first-order valence-electron chi connectivity index (χ1n) is 7.48. The summed E-state index contributed by atoms with van der Waals surface area (Å²) in [4.78, 5) is 0. The molecule has 0 fully saturated rings. The standard InChI is InChI=1S/C17H26O/c1-4-6-16-14(11-18)9-10-15-12(3)7-8-13(5-2)17(15)16/h9-10,12-13,18H,4-8,11H2,1-3H3. The van der Waals surface area contributed by atoms with Gasteiger partial charge < -0.3 is 5.11 Å². The van der Waals surface area contributed by atoms with Crippen molar-refractivity contribution in [3.8, 4) is 0 Å². The molecule has 2 atom stereocenters. The summed E-state index contributed by atoms with van der Waals surface area (Å²) in [6.45, 7) is 7.06. The van der Waals surface area contributed by atoms with Crippen LogP contribution in [0.15, 0.2) is 12.1 Å². The lowest BCUT2D eigenvalue weighted by atomic mass is 9.73. The molecule has 1 heteroatoms. The first kappa shape index (κ1) is 13.6. The third kappa shape index (κ3) is 2.33. The normalized spacial score (nSPS) is 22.9. The first-order valence-corrected chi connectivity index (χ1v) is 7.48. The van der Waals surface area contributed by atoms with Crippen molar-refractivity contribution < 1.29 is 5.11 Å². The van der Waals surface area contributed by atoms with Gasteiger partial charge in [0.15, 0.2) is 0 Å². The average molecular weight is 246 g/mol. The molecule has 2 unspecified atom stereocenters. The molecule has 0 aromatic heterocycles. The Labute approximate surface area is 111 Å². The zero-order valence-electron chi connectivity index (χ0n) is 12.0. The lowest BCUT2D eigenvalue weighted by Gasteiger charge is -2.32. The van der Waals surface area contributed by atoms with Gasteiger partial charge in [0.25, 0.3) is 0 Å². The Kier molecular flexibility index (Phi) is 4.45. The number of benzene rings is 1. The summed E-state index contributed by atoms with van der Waals surface area (Å²) in [5.41, 5.74) is 5.75. The third-order valence-corrected chi connectivity index (χ3v) is 4.54. The van der Waals surface area contributed by atoms with Gasteiger partial charge in [-0.1, -0.05) is 39.3 Å². The molecule has 0 saturated carbocycles. The maximum absolute atomic E-state index is 9.57. The molecule has 0 amide bonds. The average Bonchev–Trinajstić information content (AvgIpc) is 2.40. The van der Waals surface area contributed by atoms with Crippen LogP contribution in [0, 0.1) is 0 Å². The second-order valence-electron chi connectivity index (χ2n) is 5.70. The Morgan fingerprint density at radius 3 is 2.61 bits per heavy atom. The molecule has 0 heterocycles. The van der Waals surface area contributed by atoms with Crippen LogP contribution in [0.3, 0.4) is 0 Å². The molecule has 0 bridgehead atoms. The van der Waals surface area contributed by atoms with E-state index < -0.39 is 0 Å². The second kappa shape index (κ2) is 5.88. The molecule has 18 heavy (non-hydrogen) atoms. The Bertz CT molecular complexity index is 408. The van der Waals surface area contributed by atoms with Crippen LogP contribution >= 0.6 is 0 Å². The molecule has 0 aliphatic heterocycles. The van der Waals surface area contributed by atoms with E-state index >= 15 is 0 Å². The summed E-state index contributed by atoms with van der Waals surface area (Å²) in [5.74, 6) is 1.40. The van der Waals surface area contributed by atoms with Gasteiger partial charge in [0.1, 0.15) is 0 Å². The number of hydrogen-bond acceptors (Lipinski definition) is 1. The summed E-state index contributed by atoms with van der Waals surface area (Å²) >= 11 is 0. The van der Waals surface area contributed by atoms with Crippen molar-refractivity contribution >= 4 is 0 Å². The SMILES string of the molecule is CCCc1c(CO)ccc2c1C(CC)CCC2C. The highest BCUT2D eigenvalue weighted by molar-refractivity contribution is 5.46. The van der Waals surface area contributed by atoms with Crippen molar-refractivity contribution in [3.05, 3.63) is 34.4 Å². The minimum absolute atomic E-state index is 0.188. The number of rotatable bonds is 4. The van der Waals surface area contributed by atoms with Gasteiger partial charge in [-0.2, -0.15) is 0 Å². The lowest BCUT2D eigenvalue weighted by Crippen LogP contribution is -2.16. The van der Waals surface area contributed by atoms with E-state index in [4.69, 9.17) is 0 Å². The minimum atomic E-state index is 0.188. The van der Waals surface area contributed by atoms with Gasteiger partial charge in [-0.15, -0.1) is 0 Å². The van der Waals surface area contributed by atoms with Gasteiger partial charge >= 0.3 is 0 Å². The van der Waals surface area contributed by atoms with Crippen LogP contribution in [0.25, 0.3) is 0 Å². The van der Waals surface area contributed by atoms with Gasteiger partial charge in [0, 0.05) is 0 Å². The van der Waals surface area contributed by atoms with Crippen molar-refractivity contribution in [2.45, 2.75) is 71.3 Å². The largest absolute Gasteiger partial charge is 0.392 e. The summed E-state index contributed by atoms with van der Waals surface area (Å²) in [6.07, 6.45) is 6.13. The Morgan fingerprint density at radius 2 is 2.00 bits per heavy atom. The maximum atomic E-state index is 9.57. The molecule has 1 aliphatic rings. The fourth-order valence-electron chi connectivity index (χ4n) is 3.49. The van der Waals surface area contributed by atoms with E-state index in [1.807, 2.05) is 0 Å². The second-order valence-corrected chi connectivity index (χ2v) is 5.70. The van der Waals surface area contributed by atoms with Crippen molar-refractivity contribution in [3.63, 3.8) is 0 Å². The molecule has 0 radical (unpaired) electrons. The van der Waals surface area contributed by atoms with Gasteiger partial charge in [-0.3, -0.25) is 0 Å². The Hall–Kier alpha value is -0.820. The van der Waals surface area contributed by atoms with Crippen molar-refractivity contribution in [1.82, 2.24) is 0 Å². The monoisotopic (exact) mass is 246 g/mol. The molecule has 100 valence electrons. The molecule has 1 aliphatic carbocycles. The molecule has 1 aromatic rings. The van der Waals surface area contributed by atoms with E-state index in [1.165, 1.54) is 24.8 Å². The Morgan fingerprint density at radius 1 is 1.22 bits per heavy atom. The van der Waals surface area contributed by atoms with Crippen LogP contribution in [0.2, 0.25) is 0 Å². The molecule has 1 N–H and O–H groups in total. The topological polar surface area (TPSA) is 20.2 Å². The first-order chi connectivity index (χ1) is 8.72. The van der Waals surface area contributed by atoms with Crippen LogP contribution in [-0.4, -0.2) is 5.11 Å². The van der Waals surface area contributed by atoms with Crippen molar-refractivity contribution in [1.29, 1.82) is 0 Å². The van der Waals surface area contributed by atoms with Gasteiger partial charge in [-0.25, -0.2) is 0 Å². The van der Waals surface area contributed by atoms with Crippen molar-refractivity contribution in [2.75, 3.05) is 0 Å². The van der Waals surface area contributed by atoms with Crippen LogP contribution in [0.4, 0.5) is 0 Å². The molecular weight excluding hydrogens is 220 g/mol. The molecule has 2 rings (SSSR count). The predicted molar refractivity (Wildman–Crippen MR) is 77.0 cm³/mol. The van der Waals surface area contributed by atoms with E-state index in [-0.39, 0.29) is 6.61 Å². The molecule has 1 nitrogen and oxygen atoms in total. The van der Waals surface area contributed by atoms with Crippen LogP contribution in [0.1, 0.15) is 80.5 Å². The zero-order valence-corrected chi connectivity index (χ0v) is 12.0. The highest BCUT2D eigenvalue weighted by Gasteiger charge is 2.26. The van der Waals surface area contributed by atoms with Gasteiger partial charge in [-0.05, 0) is 59.8 Å². The van der Waals surface area contributed by atoms with Gasteiger partial charge in [0.05, 0.1) is 6.61 Å². The third-order valence-electron chi connectivity index (χ3n) is 4.54. The molecule has 0 spiro atoms. The molecular formula is C17H26O. The van der Waals surface area contributed by atoms with Crippen LogP contribution in [-0.2, 0) is 13.0 Å². The number of fused-ring (bicyclic) bond motifs is 1. The Balaban J connectivity index is 2.56. The smallest absolute Gasteiger partial charge is 0.0684 e. The van der Waals surface area contributed by atoms with Crippen LogP contribution in [0.5, 0.6) is 0 Å². The number of aliphatic hydroxyl groups is 1. The lowest BCUT2D eigenvalue weighted by molar-refractivity contribution is 0.280. The summed E-state index contributed by atoms with van der Waals surface area (Å²) < 4.78 is 0. The van der Waals surface area contributed by atoms with E-state index in [1.54, 1.807) is 11.1 Å². The quantitative estimate of drug-likeness (QED) is 0.828. The molecule has 0 saturated heterocycles. The maximum Gasteiger partial charge on any atom is 0.0684 e. The molecule has 1 aromatic carbocycles. The fourth-order valence-corrected chi connectivity index (χ4v) is 3.49. The number of aliphatic hydroxyl groups excluding tert-OH is 1. The number of hydrogen-bond donors (Lipinski definition) is 1. The van der Waals surface area contributed by atoms with Gasteiger partial charge in [0.2, 0.25) is 0 Å². The predicted octanol–water partition coefficient (Wildman–Crippen LogP) is 4.52. The van der Waals surface area contributed by atoms with Crippen molar-refractivity contribution in [2.24, 2.45) is 0 Å². The minimum Gasteiger partial charge on any atom is -0.392 e. The summed E-state index contributed by atoms with van der Waals surface area (Å²) in [7, 11) is 0. The summed E-state index contributed by atoms with van der Waals surface area (Å²) in [5, 5.41) is 9.57. The fraction of sp³-hybridized carbons (Fsp3) is 0.647. The van der Waals surface area contributed by atoms with E-state index in [2.05, 4.69) is 32.9 Å². The zero-order chi connectivity index (χ0) is 13.1. The highest BCUT2D eigenvalue weighted by Crippen LogP contribution is 2.43. The summed E-state index contributed by atoms with van der Waals surface area (Å²) in [6, 6.07) is 4.42. The van der Waals surface area contributed by atoms with E-state index in [9.17, 15) is 5.11 Å². The van der Waals surface area contributed by atoms with Crippen LogP contribution < -0.4 is 0 Å². The highest BCUT2D eigenvalue weighted by atomic mass is 16.3. The van der Waals surface area contributed by atoms with E-state index in [0.29, 0.717) is 11.8 Å². The van der Waals surface area contributed by atoms with E-state index in [0.717, 1.165) is 18.4 Å².